The Morgan fingerprint density at radius 2 is 2.13 bits per heavy atom. The highest BCUT2D eigenvalue weighted by atomic mass is 16.5. The Bertz CT molecular complexity index is 650. The summed E-state index contributed by atoms with van der Waals surface area (Å²) in [5.41, 5.74) is 1.90. The van der Waals surface area contributed by atoms with Crippen LogP contribution in [0.2, 0.25) is 0 Å². The van der Waals surface area contributed by atoms with Crippen LogP contribution in [0, 0.1) is 0 Å². The van der Waals surface area contributed by atoms with Gasteiger partial charge in [0.25, 0.3) is 0 Å². The highest BCUT2D eigenvalue weighted by molar-refractivity contribution is 5.70. The van der Waals surface area contributed by atoms with E-state index in [1.165, 1.54) is 6.40 Å². The van der Waals surface area contributed by atoms with Crippen molar-refractivity contribution in [1.29, 1.82) is 0 Å². The number of aliphatic imine (C=N–C) groups is 1. The van der Waals surface area contributed by atoms with Gasteiger partial charge in [-0.2, -0.15) is 0 Å². The standard InChI is InChI=1S/C17H21N3O3/c1-3-23-16(21)10-9-15-17(19-13-22-2)20(12-18-15)11-14-7-5-4-6-8-14/h4-8,12-13H,3,9-11H2,1-2H3/b19-13+. The molecule has 0 aliphatic heterocycles. The largest absolute Gasteiger partial charge is 0.486 e. The van der Waals surface area contributed by atoms with E-state index in [1.807, 2.05) is 34.9 Å². The van der Waals surface area contributed by atoms with Gasteiger partial charge in [0.15, 0.2) is 12.2 Å². The Kier molecular flexibility index (Phi) is 6.35. The maximum atomic E-state index is 11.5. The summed E-state index contributed by atoms with van der Waals surface area (Å²) >= 11 is 0. The SMILES string of the molecule is CCOC(=O)CCc1ncn(Cc2ccccc2)c1/N=C/OC. The van der Waals surface area contributed by atoms with Gasteiger partial charge >= 0.3 is 5.97 Å². The van der Waals surface area contributed by atoms with Crippen molar-refractivity contribution in [2.45, 2.75) is 26.3 Å². The maximum Gasteiger partial charge on any atom is 0.306 e. The van der Waals surface area contributed by atoms with Gasteiger partial charge in [0.1, 0.15) is 0 Å². The van der Waals surface area contributed by atoms with Crippen molar-refractivity contribution >= 4 is 18.2 Å². The molecule has 1 heterocycles. The highest BCUT2D eigenvalue weighted by Crippen LogP contribution is 2.21. The topological polar surface area (TPSA) is 65.7 Å². The molecule has 0 aliphatic rings. The lowest BCUT2D eigenvalue weighted by atomic mass is 10.2. The monoisotopic (exact) mass is 315 g/mol. The lowest BCUT2D eigenvalue weighted by Crippen LogP contribution is -2.05. The molecule has 122 valence electrons. The lowest BCUT2D eigenvalue weighted by molar-refractivity contribution is -0.143. The fourth-order valence-corrected chi connectivity index (χ4v) is 2.19. The fraction of sp³-hybridized carbons (Fsp3) is 0.353. The highest BCUT2D eigenvalue weighted by Gasteiger charge is 2.13. The molecule has 6 heteroatoms. The molecule has 0 saturated heterocycles. The van der Waals surface area contributed by atoms with E-state index >= 15 is 0 Å². The van der Waals surface area contributed by atoms with E-state index < -0.39 is 0 Å². The molecule has 0 fully saturated rings. The molecule has 23 heavy (non-hydrogen) atoms. The van der Waals surface area contributed by atoms with Crippen LogP contribution >= 0.6 is 0 Å². The van der Waals surface area contributed by atoms with E-state index in [-0.39, 0.29) is 12.4 Å². The molecule has 0 N–H and O–H groups in total. The maximum absolute atomic E-state index is 11.5. The van der Waals surface area contributed by atoms with Crippen LogP contribution in [0.5, 0.6) is 0 Å². The summed E-state index contributed by atoms with van der Waals surface area (Å²) in [5, 5.41) is 0. The van der Waals surface area contributed by atoms with Crippen molar-refractivity contribution in [3.63, 3.8) is 0 Å². The van der Waals surface area contributed by atoms with E-state index in [2.05, 4.69) is 9.98 Å². The summed E-state index contributed by atoms with van der Waals surface area (Å²) in [4.78, 5) is 20.2. The molecule has 0 spiro atoms. The average molecular weight is 315 g/mol. The van der Waals surface area contributed by atoms with Gasteiger partial charge in [0, 0.05) is 6.42 Å². The van der Waals surface area contributed by atoms with Crippen molar-refractivity contribution in [3.8, 4) is 0 Å². The number of ether oxygens (including phenoxy) is 2. The normalized spacial score (nSPS) is 10.9. The minimum absolute atomic E-state index is 0.230. The number of esters is 1. The van der Waals surface area contributed by atoms with Gasteiger partial charge < -0.3 is 14.0 Å². The van der Waals surface area contributed by atoms with Gasteiger partial charge in [-0.15, -0.1) is 0 Å². The second-order valence-electron chi connectivity index (χ2n) is 4.90. The first-order valence-corrected chi connectivity index (χ1v) is 7.53. The summed E-state index contributed by atoms with van der Waals surface area (Å²) in [5.74, 6) is 0.465. The predicted molar refractivity (Wildman–Crippen MR) is 87.9 cm³/mol. The number of aryl methyl sites for hydroxylation is 1. The fourth-order valence-electron chi connectivity index (χ4n) is 2.19. The number of methoxy groups -OCH3 is 1. The number of benzene rings is 1. The number of carbonyl (C=O) groups excluding carboxylic acids is 1. The Morgan fingerprint density at radius 3 is 2.83 bits per heavy atom. The van der Waals surface area contributed by atoms with Gasteiger partial charge in [0.05, 0.1) is 38.7 Å². The van der Waals surface area contributed by atoms with Crippen LogP contribution in [-0.2, 0) is 27.2 Å². The van der Waals surface area contributed by atoms with Crippen molar-refractivity contribution in [2.75, 3.05) is 13.7 Å². The summed E-state index contributed by atoms with van der Waals surface area (Å²) in [6.07, 6.45) is 3.87. The molecular formula is C17H21N3O3. The molecule has 2 aromatic rings. The van der Waals surface area contributed by atoms with E-state index in [0.717, 1.165) is 11.3 Å². The smallest absolute Gasteiger partial charge is 0.306 e. The molecule has 0 saturated carbocycles. The lowest BCUT2D eigenvalue weighted by Gasteiger charge is -2.06. The molecule has 0 unspecified atom stereocenters. The van der Waals surface area contributed by atoms with Gasteiger partial charge in [-0.05, 0) is 12.5 Å². The molecule has 1 aromatic heterocycles. The van der Waals surface area contributed by atoms with E-state index in [1.54, 1.807) is 20.4 Å². The number of imidazole rings is 1. The average Bonchev–Trinajstić information content (AvgIpc) is 2.94. The minimum Gasteiger partial charge on any atom is -0.486 e. The van der Waals surface area contributed by atoms with E-state index in [0.29, 0.717) is 25.4 Å². The Morgan fingerprint density at radius 1 is 1.35 bits per heavy atom. The van der Waals surface area contributed by atoms with Crippen LogP contribution in [0.1, 0.15) is 24.6 Å². The third kappa shape index (κ3) is 4.95. The summed E-state index contributed by atoms with van der Waals surface area (Å²) in [6, 6.07) is 10.1. The number of carbonyl (C=O) groups is 1. The molecular weight excluding hydrogens is 294 g/mol. The molecule has 0 bridgehead atoms. The van der Waals surface area contributed by atoms with Crippen LogP contribution in [-0.4, -0.2) is 35.6 Å². The summed E-state index contributed by atoms with van der Waals surface area (Å²) < 4.78 is 11.8. The molecule has 0 amide bonds. The summed E-state index contributed by atoms with van der Waals surface area (Å²) in [6.45, 7) is 2.83. The molecule has 0 aliphatic carbocycles. The molecule has 0 radical (unpaired) electrons. The Labute approximate surface area is 135 Å². The predicted octanol–water partition coefficient (Wildman–Crippen LogP) is 2.73. The quantitative estimate of drug-likeness (QED) is 0.427. The van der Waals surface area contributed by atoms with Gasteiger partial charge in [-0.3, -0.25) is 4.79 Å². The molecule has 0 atom stereocenters. The van der Waals surface area contributed by atoms with Crippen LogP contribution in [0.4, 0.5) is 5.82 Å². The third-order valence-corrected chi connectivity index (χ3v) is 3.23. The number of nitrogens with zero attached hydrogens (tertiary/aromatic N) is 3. The van der Waals surface area contributed by atoms with Gasteiger partial charge in [-0.1, -0.05) is 30.3 Å². The van der Waals surface area contributed by atoms with Crippen LogP contribution < -0.4 is 0 Å². The molecule has 2 rings (SSSR count). The summed E-state index contributed by atoms with van der Waals surface area (Å²) in [7, 11) is 1.54. The van der Waals surface area contributed by atoms with Crippen molar-refractivity contribution in [3.05, 3.63) is 47.9 Å². The second-order valence-corrected chi connectivity index (χ2v) is 4.90. The van der Waals surface area contributed by atoms with Gasteiger partial charge in [0.2, 0.25) is 0 Å². The zero-order valence-electron chi connectivity index (χ0n) is 13.4. The first kappa shape index (κ1) is 16.7. The third-order valence-electron chi connectivity index (χ3n) is 3.23. The second kappa shape index (κ2) is 8.73. The number of rotatable bonds is 8. The van der Waals surface area contributed by atoms with Crippen molar-refractivity contribution in [1.82, 2.24) is 9.55 Å². The first-order valence-electron chi connectivity index (χ1n) is 7.53. The number of aromatic nitrogens is 2. The zero-order chi connectivity index (χ0) is 16.5. The van der Waals surface area contributed by atoms with E-state index in [9.17, 15) is 4.79 Å². The van der Waals surface area contributed by atoms with E-state index in [4.69, 9.17) is 9.47 Å². The molecule has 6 nitrogen and oxygen atoms in total. The van der Waals surface area contributed by atoms with Crippen LogP contribution in [0.25, 0.3) is 0 Å². The van der Waals surface area contributed by atoms with Crippen molar-refractivity contribution < 1.29 is 14.3 Å². The van der Waals surface area contributed by atoms with Crippen molar-refractivity contribution in [2.24, 2.45) is 4.99 Å². The first-order chi connectivity index (χ1) is 11.2. The zero-order valence-corrected chi connectivity index (χ0v) is 13.4. The number of hydrogen-bond acceptors (Lipinski definition) is 5. The van der Waals surface area contributed by atoms with Crippen LogP contribution in [0.15, 0.2) is 41.7 Å². The minimum atomic E-state index is -0.230. The number of hydrogen-bond donors (Lipinski definition) is 0. The molecule has 1 aromatic carbocycles. The Hall–Kier alpha value is -2.63. The van der Waals surface area contributed by atoms with Crippen LogP contribution in [0.3, 0.4) is 0 Å². The van der Waals surface area contributed by atoms with Gasteiger partial charge in [-0.25, -0.2) is 9.98 Å². The Balaban J connectivity index is 2.15.